The van der Waals surface area contributed by atoms with Crippen LogP contribution in [0.2, 0.25) is 0 Å². The van der Waals surface area contributed by atoms with Gasteiger partial charge in [-0.3, -0.25) is 9.59 Å². The molecule has 2 aromatic rings. The van der Waals surface area contributed by atoms with Gasteiger partial charge in [-0.25, -0.2) is 0 Å². The quantitative estimate of drug-likeness (QED) is 0.811. The van der Waals surface area contributed by atoms with Gasteiger partial charge >= 0.3 is 0 Å². The number of rotatable bonds is 7. The Labute approximate surface area is 147 Å². The molecule has 1 unspecified atom stereocenters. The van der Waals surface area contributed by atoms with Crippen LogP contribution in [0.1, 0.15) is 24.9 Å². The second-order valence-electron chi connectivity index (χ2n) is 5.52. The van der Waals surface area contributed by atoms with Crippen LogP contribution in [0.3, 0.4) is 0 Å². The van der Waals surface area contributed by atoms with Gasteiger partial charge in [-0.15, -0.1) is 0 Å². The lowest BCUT2D eigenvalue weighted by Gasteiger charge is -2.18. The van der Waals surface area contributed by atoms with Gasteiger partial charge in [0.25, 0.3) is 0 Å². The lowest BCUT2D eigenvalue weighted by molar-refractivity contribution is -0.120. The number of hydrogen-bond donors (Lipinski definition) is 2. The Morgan fingerprint density at radius 1 is 1.00 bits per heavy atom. The van der Waals surface area contributed by atoms with Crippen molar-refractivity contribution in [2.24, 2.45) is 0 Å². The van der Waals surface area contributed by atoms with E-state index in [0.717, 1.165) is 5.56 Å². The van der Waals surface area contributed by atoms with Crippen molar-refractivity contribution < 1.29 is 19.1 Å². The molecule has 6 heteroatoms. The molecule has 0 aliphatic heterocycles. The predicted molar refractivity (Wildman–Crippen MR) is 95.8 cm³/mol. The van der Waals surface area contributed by atoms with Gasteiger partial charge in [-0.05, 0) is 5.56 Å². The molecule has 25 heavy (non-hydrogen) atoms. The van der Waals surface area contributed by atoms with Gasteiger partial charge in [0.1, 0.15) is 11.5 Å². The molecule has 0 aromatic heterocycles. The van der Waals surface area contributed by atoms with Crippen molar-refractivity contribution in [1.29, 1.82) is 0 Å². The second-order valence-corrected chi connectivity index (χ2v) is 5.52. The van der Waals surface area contributed by atoms with Crippen molar-refractivity contribution in [2.75, 3.05) is 19.5 Å². The second kappa shape index (κ2) is 8.73. The Bertz CT molecular complexity index is 709. The van der Waals surface area contributed by atoms with Gasteiger partial charge in [-0.1, -0.05) is 30.3 Å². The van der Waals surface area contributed by atoms with Gasteiger partial charge in [0, 0.05) is 30.8 Å². The number of hydrogen-bond acceptors (Lipinski definition) is 4. The molecule has 2 amide bonds. The number of amides is 2. The maximum atomic E-state index is 12.4. The third-order valence-corrected chi connectivity index (χ3v) is 3.60. The molecule has 2 N–H and O–H groups in total. The maximum absolute atomic E-state index is 12.4. The van der Waals surface area contributed by atoms with E-state index in [1.807, 2.05) is 30.3 Å². The molecule has 0 saturated heterocycles. The molecule has 2 rings (SSSR count). The first kappa shape index (κ1) is 18.3. The number of carbonyl (C=O) groups excluding carboxylic acids is 2. The van der Waals surface area contributed by atoms with Crippen LogP contribution in [-0.4, -0.2) is 26.0 Å². The SMILES string of the molecule is COc1cc(NC(=O)CC(NC(C)=O)c2ccccc2)cc(OC)c1. The van der Waals surface area contributed by atoms with E-state index in [0.29, 0.717) is 17.2 Å². The molecule has 0 radical (unpaired) electrons. The zero-order valence-corrected chi connectivity index (χ0v) is 14.5. The highest BCUT2D eigenvalue weighted by atomic mass is 16.5. The van der Waals surface area contributed by atoms with E-state index in [2.05, 4.69) is 10.6 Å². The number of anilines is 1. The average molecular weight is 342 g/mol. The van der Waals surface area contributed by atoms with Gasteiger partial charge in [0.2, 0.25) is 11.8 Å². The van der Waals surface area contributed by atoms with Crippen LogP contribution in [0.5, 0.6) is 11.5 Å². The van der Waals surface area contributed by atoms with E-state index in [1.165, 1.54) is 6.92 Å². The molecule has 0 aliphatic rings. The molecule has 0 aliphatic carbocycles. The van der Waals surface area contributed by atoms with Crippen molar-refractivity contribution >= 4 is 17.5 Å². The van der Waals surface area contributed by atoms with Crippen LogP contribution in [-0.2, 0) is 9.59 Å². The summed E-state index contributed by atoms with van der Waals surface area (Å²) in [6, 6.07) is 14.1. The first-order valence-electron chi connectivity index (χ1n) is 7.86. The Morgan fingerprint density at radius 3 is 2.12 bits per heavy atom. The smallest absolute Gasteiger partial charge is 0.226 e. The van der Waals surface area contributed by atoms with Crippen LogP contribution in [0.25, 0.3) is 0 Å². The third kappa shape index (κ3) is 5.53. The molecule has 0 fully saturated rings. The fourth-order valence-corrected chi connectivity index (χ4v) is 2.46. The van der Waals surface area contributed by atoms with E-state index in [4.69, 9.17) is 9.47 Å². The zero-order chi connectivity index (χ0) is 18.2. The topological polar surface area (TPSA) is 76.7 Å². The molecular formula is C19H22N2O4. The summed E-state index contributed by atoms with van der Waals surface area (Å²) in [4.78, 5) is 23.9. The van der Waals surface area contributed by atoms with Crippen LogP contribution in [0.4, 0.5) is 5.69 Å². The molecule has 132 valence electrons. The molecule has 0 bridgehead atoms. The fraction of sp³-hybridized carbons (Fsp3) is 0.263. The van der Waals surface area contributed by atoms with Gasteiger partial charge in [-0.2, -0.15) is 0 Å². The Hall–Kier alpha value is -3.02. The normalized spacial score (nSPS) is 11.3. The molecule has 1 atom stereocenters. The summed E-state index contributed by atoms with van der Waals surface area (Å²) in [5.41, 5.74) is 1.44. The van der Waals surface area contributed by atoms with Crippen molar-refractivity contribution in [2.45, 2.75) is 19.4 Å². The van der Waals surface area contributed by atoms with E-state index >= 15 is 0 Å². The Balaban J connectivity index is 2.12. The summed E-state index contributed by atoms with van der Waals surface area (Å²) in [6.07, 6.45) is 0.114. The van der Waals surface area contributed by atoms with Gasteiger partial charge in [0.05, 0.1) is 26.7 Å². The number of nitrogens with one attached hydrogen (secondary N) is 2. The summed E-state index contributed by atoms with van der Waals surface area (Å²) >= 11 is 0. The lowest BCUT2D eigenvalue weighted by atomic mass is 10.0. The summed E-state index contributed by atoms with van der Waals surface area (Å²) in [5.74, 6) is 0.745. The van der Waals surface area contributed by atoms with Crippen molar-refractivity contribution in [1.82, 2.24) is 5.32 Å². The van der Waals surface area contributed by atoms with Crippen LogP contribution in [0.15, 0.2) is 48.5 Å². The van der Waals surface area contributed by atoms with E-state index in [-0.39, 0.29) is 18.2 Å². The molecule has 0 heterocycles. The van der Waals surface area contributed by atoms with Crippen molar-refractivity contribution in [3.05, 3.63) is 54.1 Å². The first-order chi connectivity index (χ1) is 12.0. The van der Waals surface area contributed by atoms with E-state index in [1.54, 1.807) is 32.4 Å². The predicted octanol–water partition coefficient (Wildman–Crippen LogP) is 2.91. The van der Waals surface area contributed by atoms with Crippen molar-refractivity contribution in [3.63, 3.8) is 0 Å². The number of ether oxygens (including phenoxy) is 2. The number of methoxy groups -OCH3 is 2. The minimum Gasteiger partial charge on any atom is -0.497 e. The van der Waals surface area contributed by atoms with Gasteiger partial charge in [0.15, 0.2) is 0 Å². The van der Waals surface area contributed by atoms with Gasteiger partial charge < -0.3 is 20.1 Å². The zero-order valence-electron chi connectivity index (χ0n) is 14.5. The molecular weight excluding hydrogens is 320 g/mol. The summed E-state index contributed by atoms with van der Waals surface area (Å²) in [5, 5.41) is 5.62. The lowest BCUT2D eigenvalue weighted by Crippen LogP contribution is -2.29. The van der Waals surface area contributed by atoms with Crippen molar-refractivity contribution in [3.8, 4) is 11.5 Å². The molecule has 6 nitrogen and oxygen atoms in total. The minimum atomic E-state index is -0.397. The van der Waals surface area contributed by atoms with Crippen LogP contribution < -0.4 is 20.1 Å². The van der Waals surface area contributed by atoms with Crippen LogP contribution in [0, 0.1) is 0 Å². The monoisotopic (exact) mass is 342 g/mol. The highest BCUT2D eigenvalue weighted by Gasteiger charge is 2.17. The number of benzene rings is 2. The Kier molecular flexibility index (Phi) is 6.39. The van der Waals surface area contributed by atoms with E-state index in [9.17, 15) is 9.59 Å². The summed E-state index contributed by atoms with van der Waals surface area (Å²) in [6.45, 7) is 1.43. The highest BCUT2D eigenvalue weighted by Crippen LogP contribution is 2.26. The summed E-state index contributed by atoms with van der Waals surface area (Å²) in [7, 11) is 3.09. The highest BCUT2D eigenvalue weighted by molar-refractivity contribution is 5.92. The fourth-order valence-electron chi connectivity index (χ4n) is 2.46. The Morgan fingerprint density at radius 2 is 1.60 bits per heavy atom. The first-order valence-corrected chi connectivity index (χ1v) is 7.86. The minimum absolute atomic E-state index is 0.114. The number of carbonyl (C=O) groups is 2. The molecule has 2 aromatic carbocycles. The maximum Gasteiger partial charge on any atom is 0.226 e. The molecule has 0 saturated carbocycles. The summed E-state index contributed by atoms with van der Waals surface area (Å²) < 4.78 is 10.4. The third-order valence-electron chi connectivity index (χ3n) is 3.60. The average Bonchev–Trinajstić information content (AvgIpc) is 2.61. The van der Waals surface area contributed by atoms with Crippen LogP contribution >= 0.6 is 0 Å². The largest absolute Gasteiger partial charge is 0.497 e. The van der Waals surface area contributed by atoms with E-state index < -0.39 is 6.04 Å². The molecule has 0 spiro atoms. The standard InChI is InChI=1S/C19H22N2O4/c1-13(22)20-18(14-7-5-4-6-8-14)12-19(23)21-15-9-16(24-2)11-17(10-15)25-3/h4-11,18H,12H2,1-3H3,(H,20,22)(H,21,23).